The fraction of sp³-hybridized carbons (Fsp3) is 0.231. The number of thioether (sulfide) groups is 1. The predicted molar refractivity (Wildman–Crippen MR) is 78.3 cm³/mol. The quantitative estimate of drug-likeness (QED) is 0.451. The minimum Gasteiger partial charge on any atom is -0.328 e. The summed E-state index contributed by atoms with van der Waals surface area (Å²) in [6, 6.07) is 8.29. The van der Waals surface area contributed by atoms with Crippen molar-refractivity contribution in [1.82, 2.24) is 0 Å². The summed E-state index contributed by atoms with van der Waals surface area (Å²) >= 11 is 3.39. The van der Waals surface area contributed by atoms with Gasteiger partial charge in [-0.15, -0.1) is 11.8 Å². The van der Waals surface area contributed by atoms with E-state index >= 15 is 0 Å². The van der Waals surface area contributed by atoms with Gasteiger partial charge < -0.3 is 4.72 Å². The van der Waals surface area contributed by atoms with E-state index in [4.69, 9.17) is 0 Å². The summed E-state index contributed by atoms with van der Waals surface area (Å²) in [5.41, 5.74) is 3.29. The van der Waals surface area contributed by atoms with Crippen LogP contribution >= 0.6 is 23.7 Å². The van der Waals surface area contributed by atoms with Crippen molar-refractivity contribution in [3.8, 4) is 0 Å². The monoisotopic (exact) mass is 251 g/mol. The van der Waals surface area contributed by atoms with Gasteiger partial charge in [-0.25, -0.2) is 0 Å². The minimum atomic E-state index is 0.859. The number of rotatable bonds is 6. The summed E-state index contributed by atoms with van der Waals surface area (Å²) in [4.78, 5) is 1.26. The maximum absolute atomic E-state index is 3.96. The van der Waals surface area contributed by atoms with Crippen LogP contribution in [0.4, 0.5) is 5.69 Å². The number of para-hydroxylation sites is 1. The van der Waals surface area contributed by atoms with Gasteiger partial charge in [0.05, 0.1) is 5.69 Å². The van der Waals surface area contributed by atoms with Gasteiger partial charge in [-0.1, -0.05) is 30.9 Å². The molecule has 0 radical (unpaired) electrons. The van der Waals surface area contributed by atoms with Gasteiger partial charge in [0.1, 0.15) is 0 Å². The van der Waals surface area contributed by atoms with Gasteiger partial charge in [-0.05, 0) is 42.8 Å². The maximum Gasteiger partial charge on any atom is 0.0577 e. The Labute approximate surface area is 107 Å². The molecule has 0 fully saturated rings. The second-order valence-corrected chi connectivity index (χ2v) is 5.10. The third-order valence-electron chi connectivity index (χ3n) is 2.14. The normalized spacial score (nSPS) is 9.88. The largest absolute Gasteiger partial charge is 0.328 e. The van der Waals surface area contributed by atoms with E-state index in [2.05, 4.69) is 42.3 Å². The number of anilines is 1. The molecule has 0 amide bonds. The third kappa shape index (κ3) is 3.99. The molecule has 0 saturated carbocycles. The van der Waals surface area contributed by atoms with E-state index in [1.54, 1.807) is 23.7 Å². The Morgan fingerprint density at radius 1 is 1.31 bits per heavy atom. The highest BCUT2D eigenvalue weighted by molar-refractivity contribution is 8.01. The number of allylic oxidation sites excluding steroid dienone is 1. The average Bonchev–Trinajstić information content (AvgIpc) is 2.29. The molecule has 0 atom stereocenters. The van der Waals surface area contributed by atoms with Gasteiger partial charge in [0, 0.05) is 10.6 Å². The van der Waals surface area contributed by atoms with Crippen LogP contribution in [0, 0.1) is 0 Å². The molecule has 0 aliphatic carbocycles. The van der Waals surface area contributed by atoms with Crippen LogP contribution in [-0.2, 0) is 0 Å². The van der Waals surface area contributed by atoms with Gasteiger partial charge in [-0.2, -0.15) is 0 Å². The highest BCUT2D eigenvalue weighted by Gasteiger charge is 2.00. The Balaban J connectivity index is 2.48. The van der Waals surface area contributed by atoms with E-state index in [0.717, 1.165) is 22.6 Å². The first-order valence-electron chi connectivity index (χ1n) is 4.99. The van der Waals surface area contributed by atoms with Crippen LogP contribution in [0.5, 0.6) is 0 Å². The fourth-order valence-electron chi connectivity index (χ4n) is 1.05. The van der Waals surface area contributed by atoms with Crippen LogP contribution < -0.4 is 4.72 Å². The van der Waals surface area contributed by atoms with Gasteiger partial charge in [-0.3, -0.25) is 0 Å². The lowest BCUT2D eigenvalue weighted by Gasteiger charge is -2.10. The molecule has 1 aromatic carbocycles. The van der Waals surface area contributed by atoms with Crippen molar-refractivity contribution in [2.75, 3.05) is 16.7 Å². The Morgan fingerprint density at radius 3 is 2.62 bits per heavy atom. The molecule has 1 nitrogen and oxygen atoms in total. The molecule has 0 aliphatic heterocycles. The Morgan fingerprint density at radius 2 is 2.00 bits per heavy atom. The van der Waals surface area contributed by atoms with Crippen molar-refractivity contribution in [2.24, 2.45) is 0 Å². The molecule has 0 aliphatic rings. The number of hydrogen-bond acceptors (Lipinski definition) is 3. The molecule has 0 aromatic heterocycles. The summed E-state index contributed by atoms with van der Waals surface area (Å²) in [5, 5.41) is 0. The van der Waals surface area contributed by atoms with Crippen molar-refractivity contribution < 1.29 is 0 Å². The molecular formula is C13H17NS2. The zero-order chi connectivity index (χ0) is 12.0. The molecule has 0 heterocycles. The molecule has 16 heavy (non-hydrogen) atoms. The summed E-state index contributed by atoms with van der Waals surface area (Å²) in [7, 11) is 0. The number of benzene rings is 1. The molecule has 1 N–H and O–H groups in total. The number of nitrogens with one attached hydrogen (secondary N) is 1. The lowest BCUT2D eigenvalue weighted by molar-refractivity contribution is 1.39. The standard InChI is InChI=1S/C13H17NS2/c1-10(2)11(3)9-16-14-12-7-5-6-8-13(12)15-4/h5-8,14H,1,3,9H2,2,4H3. The van der Waals surface area contributed by atoms with Crippen LogP contribution in [0.3, 0.4) is 0 Å². The van der Waals surface area contributed by atoms with Crippen molar-refractivity contribution in [2.45, 2.75) is 11.8 Å². The van der Waals surface area contributed by atoms with Crippen molar-refractivity contribution in [3.63, 3.8) is 0 Å². The molecule has 1 rings (SSSR count). The molecule has 3 heteroatoms. The van der Waals surface area contributed by atoms with Crippen molar-refractivity contribution >= 4 is 29.4 Å². The maximum atomic E-state index is 3.96. The van der Waals surface area contributed by atoms with Gasteiger partial charge in [0.2, 0.25) is 0 Å². The predicted octanol–water partition coefficient (Wildman–Crippen LogP) is 4.60. The lowest BCUT2D eigenvalue weighted by atomic mass is 10.2. The van der Waals surface area contributed by atoms with Gasteiger partial charge in [0.15, 0.2) is 0 Å². The summed E-state index contributed by atoms with van der Waals surface area (Å²) in [6.45, 7) is 9.82. The zero-order valence-electron chi connectivity index (χ0n) is 9.75. The SMILES string of the molecule is C=C(C)C(=C)CSNc1ccccc1SC. The van der Waals surface area contributed by atoms with Gasteiger partial charge >= 0.3 is 0 Å². The number of hydrogen-bond donors (Lipinski definition) is 1. The summed E-state index contributed by atoms with van der Waals surface area (Å²) < 4.78 is 3.34. The Hall–Kier alpha value is -0.800. The van der Waals surface area contributed by atoms with Crippen molar-refractivity contribution in [1.29, 1.82) is 0 Å². The molecule has 1 aromatic rings. The van der Waals surface area contributed by atoms with Crippen LogP contribution in [0.1, 0.15) is 6.92 Å². The molecule has 0 spiro atoms. The summed E-state index contributed by atoms with van der Waals surface area (Å²) in [6.07, 6.45) is 2.08. The second-order valence-electron chi connectivity index (χ2n) is 3.47. The molecule has 0 saturated heterocycles. The summed E-state index contributed by atoms with van der Waals surface area (Å²) in [5.74, 6) is 0.859. The smallest absolute Gasteiger partial charge is 0.0577 e. The highest BCUT2D eigenvalue weighted by atomic mass is 32.2. The van der Waals surface area contributed by atoms with E-state index in [1.807, 2.05) is 13.0 Å². The van der Waals surface area contributed by atoms with Gasteiger partial charge in [0.25, 0.3) is 0 Å². The minimum absolute atomic E-state index is 0.859. The molecule has 86 valence electrons. The first-order chi connectivity index (χ1) is 7.65. The second kappa shape index (κ2) is 6.71. The van der Waals surface area contributed by atoms with E-state index in [9.17, 15) is 0 Å². The molecular weight excluding hydrogens is 234 g/mol. The Bertz CT molecular complexity index is 385. The van der Waals surface area contributed by atoms with E-state index in [-0.39, 0.29) is 0 Å². The van der Waals surface area contributed by atoms with E-state index in [0.29, 0.717) is 0 Å². The fourth-order valence-corrected chi connectivity index (χ4v) is 2.50. The van der Waals surface area contributed by atoms with Crippen molar-refractivity contribution in [3.05, 3.63) is 48.6 Å². The van der Waals surface area contributed by atoms with Crippen LogP contribution in [-0.4, -0.2) is 12.0 Å². The first-order valence-corrected chi connectivity index (χ1v) is 7.20. The molecule has 0 bridgehead atoms. The topological polar surface area (TPSA) is 12.0 Å². The van der Waals surface area contributed by atoms with Crippen LogP contribution in [0.2, 0.25) is 0 Å². The molecule has 0 unspecified atom stereocenters. The highest BCUT2D eigenvalue weighted by Crippen LogP contribution is 2.27. The lowest BCUT2D eigenvalue weighted by Crippen LogP contribution is -1.94. The van der Waals surface area contributed by atoms with Crippen LogP contribution in [0.15, 0.2) is 53.5 Å². The van der Waals surface area contributed by atoms with E-state index < -0.39 is 0 Å². The Kier molecular flexibility index (Phi) is 5.56. The zero-order valence-corrected chi connectivity index (χ0v) is 11.4. The first kappa shape index (κ1) is 13.3. The average molecular weight is 251 g/mol. The third-order valence-corrected chi connectivity index (χ3v) is 3.79. The van der Waals surface area contributed by atoms with E-state index in [1.165, 1.54) is 4.90 Å². The van der Waals surface area contributed by atoms with Crippen LogP contribution in [0.25, 0.3) is 0 Å².